The number of hydrogen-bond acceptors (Lipinski definition) is 1. The fourth-order valence-electron chi connectivity index (χ4n) is 3.06. The maximum atomic E-state index is 5.50. The number of hydrogen-bond donors (Lipinski definition) is 0. The summed E-state index contributed by atoms with van der Waals surface area (Å²) in [4.78, 5) is 0. The molecule has 0 saturated heterocycles. The van der Waals surface area contributed by atoms with Gasteiger partial charge in [0, 0.05) is 13.0 Å². The number of ether oxygens (including phenoxy) is 1. The van der Waals surface area contributed by atoms with Crippen molar-refractivity contribution in [2.75, 3.05) is 7.11 Å². The standard InChI is InChI=1S/C12H14O/c1-13-12-7-8-6-11(12)10-5-3-2-4-9(8)10/h2-5,8,11-12H,6-7H2,1H3/t8-,11-,12+/m1/s1. The van der Waals surface area contributed by atoms with Crippen LogP contribution in [-0.4, -0.2) is 13.2 Å². The summed E-state index contributed by atoms with van der Waals surface area (Å²) in [5.74, 6) is 1.47. The van der Waals surface area contributed by atoms with Crippen molar-refractivity contribution in [3.8, 4) is 0 Å². The zero-order chi connectivity index (χ0) is 8.84. The second-order valence-electron chi connectivity index (χ2n) is 4.18. The summed E-state index contributed by atoms with van der Waals surface area (Å²) in [5, 5.41) is 0. The van der Waals surface area contributed by atoms with Gasteiger partial charge in [-0.25, -0.2) is 0 Å². The second kappa shape index (κ2) is 2.58. The van der Waals surface area contributed by atoms with Crippen LogP contribution in [0, 0.1) is 0 Å². The molecular formula is C12H14O. The molecule has 0 heterocycles. The Bertz CT molecular complexity index is 330. The van der Waals surface area contributed by atoms with Gasteiger partial charge in [0.15, 0.2) is 0 Å². The third kappa shape index (κ3) is 0.910. The van der Waals surface area contributed by atoms with E-state index in [1.54, 1.807) is 11.1 Å². The molecule has 1 aromatic rings. The number of fused-ring (bicyclic) bond motifs is 5. The third-order valence-corrected chi connectivity index (χ3v) is 3.64. The van der Waals surface area contributed by atoms with Crippen molar-refractivity contribution in [2.24, 2.45) is 0 Å². The lowest BCUT2D eigenvalue weighted by molar-refractivity contribution is 0.0904. The van der Waals surface area contributed by atoms with Gasteiger partial charge in [0.25, 0.3) is 0 Å². The Morgan fingerprint density at radius 3 is 2.69 bits per heavy atom. The molecule has 0 N–H and O–H groups in total. The normalized spacial score (nSPS) is 35.0. The van der Waals surface area contributed by atoms with E-state index in [9.17, 15) is 0 Å². The zero-order valence-electron chi connectivity index (χ0n) is 7.86. The number of rotatable bonds is 1. The number of methoxy groups -OCH3 is 1. The van der Waals surface area contributed by atoms with Crippen molar-refractivity contribution >= 4 is 0 Å². The molecule has 3 atom stereocenters. The van der Waals surface area contributed by atoms with Crippen LogP contribution in [0.1, 0.15) is 35.8 Å². The molecular weight excluding hydrogens is 160 g/mol. The molecule has 3 rings (SSSR count). The summed E-state index contributed by atoms with van der Waals surface area (Å²) >= 11 is 0. The lowest BCUT2D eigenvalue weighted by Gasteiger charge is -2.22. The fourth-order valence-corrected chi connectivity index (χ4v) is 3.06. The minimum Gasteiger partial charge on any atom is -0.381 e. The molecule has 2 aliphatic rings. The van der Waals surface area contributed by atoms with Gasteiger partial charge in [-0.2, -0.15) is 0 Å². The quantitative estimate of drug-likeness (QED) is 0.636. The summed E-state index contributed by atoms with van der Waals surface area (Å²) in [7, 11) is 1.84. The molecule has 13 heavy (non-hydrogen) atoms. The van der Waals surface area contributed by atoms with E-state index < -0.39 is 0 Å². The largest absolute Gasteiger partial charge is 0.381 e. The van der Waals surface area contributed by atoms with Gasteiger partial charge in [0.05, 0.1) is 6.10 Å². The molecule has 68 valence electrons. The Morgan fingerprint density at radius 2 is 1.92 bits per heavy atom. The second-order valence-corrected chi connectivity index (χ2v) is 4.18. The van der Waals surface area contributed by atoms with E-state index in [0.29, 0.717) is 12.0 Å². The van der Waals surface area contributed by atoms with E-state index >= 15 is 0 Å². The van der Waals surface area contributed by atoms with Gasteiger partial charge in [0.1, 0.15) is 0 Å². The van der Waals surface area contributed by atoms with Gasteiger partial charge in [-0.1, -0.05) is 24.3 Å². The van der Waals surface area contributed by atoms with E-state index in [1.165, 1.54) is 12.8 Å². The Morgan fingerprint density at radius 1 is 1.15 bits per heavy atom. The van der Waals surface area contributed by atoms with Crippen LogP contribution in [-0.2, 0) is 4.74 Å². The van der Waals surface area contributed by atoms with Crippen LogP contribution in [0.5, 0.6) is 0 Å². The Balaban J connectivity index is 2.07. The van der Waals surface area contributed by atoms with Crippen LogP contribution in [0.3, 0.4) is 0 Å². The first-order chi connectivity index (χ1) is 6.40. The topological polar surface area (TPSA) is 9.23 Å². The van der Waals surface area contributed by atoms with Crippen LogP contribution in [0.4, 0.5) is 0 Å². The molecule has 1 aromatic carbocycles. The Hall–Kier alpha value is -0.820. The smallest absolute Gasteiger partial charge is 0.0645 e. The van der Waals surface area contributed by atoms with E-state index in [4.69, 9.17) is 4.74 Å². The molecule has 0 aliphatic heterocycles. The van der Waals surface area contributed by atoms with Crippen LogP contribution >= 0.6 is 0 Å². The van der Waals surface area contributed by atoms with Crippen molar-refractivity contribution in [2.45, 2.75) is 30.8 Å². The zero-order valence-corrected chi connectivity index (χ0v) is 7.86. The molecule has 2 aliphatic carbocycles. The van der Waals surface area contributed by atoms with Crippen LogP contribution in [0.2, 0.25) is 0 Å². The fraction of sp³-hybridized carbons (Fsp3) is 0.500. The lowest BCUT2D eigenvalue weighted by atomic mass is 9.90. The highest BCUT2D eigenvalue weighted by atomic mass is 16.5. The molecule has 0 radical (unpaired) electrons. The predicted octanol–water partition coefficient (Wildman–Crippen LogP) is 2.68. The highest BCUT2D eigenvalue weighted by molar-refractivity contribution is 5.42. The van der Waals surface area contributed by atoms with Crippen LogP contribution in [0.25, 0.3) is 0 Å². The monoisotopic (exact) mass is 174 g/mol. The van der Waals surface area contributed by atoms with Gasteiger partial charge in [-0.05, 0) is 29.9 Å². The minimum atomic E-state index is 0.486. The van der Waals surface area contributed by atoms with Gasteiger partial charge >= 0.3 is 0 Å². The number of benzene rings is 1. The van der Waals surface area contributed by atoms with Gasteiger partial charge in [0.2, 0.25) is 0 Å². The molecule has 2 bridgehead atoms. The summed E-state index contributed by atoms with van der Waals surface area (Å²) < 4.78 is 5.50. The molecule has 1 nitrogen and oxygen atoms in total. The first-order valence-corrected chi connectivity index (χ1v) is 5.01. The van der Waals surface area contributed by atoms with E-state index in [0.717, 1.165) is 5.92 Å². The summed E-state index contributed by atoms with van der Waals surface area (Å²) in [6, 6.07) is 8.85. The van der Waals surface area contributed by atoms with Crippen molar-refractivity contribution in [1.82, 2.24) is 0 Å². The van der Waals surface area contributed by atoms with Gasteiger partial charge < -0.3 is 4.74 Å². The SMILES string of the molecule is CO[C@H]1C[C@H]2C[C@@H]1c1ccccc12. The van der Waals surface area contributed by atoms with Crippen molar-refractivity contribution in [3.05, 3.63) is 35.4 Å². The van der Waals surface area contributed by atoms with Crippen molar-refractivity contribution < 1.29 is 4.74 Å². The first kappa shape index (κ1) is 7.57. The van der Waals surface area contributed by atoms with E-state index in [2.05, 4.69) is 24.3 Å². The predicted molar refractivity (Wildman–Crippen MR) is 52.0 cm³/mol. The lowest BCUT2D eigenvalue weighted by Crippen LogP contribution is -2.17. The summed E-state index contributed by atoms with van der Waals surface area (Å²) in [6.07, 6.45) is 3.04. The summed E-state index contributed by atoms with van der Waals surface area (Å²) in [5.41, 5.74) is 3.13. The molecule has 0 unspecified atom stereocenters. The molecule has 0 spiro atoms. The molecule has 1 saturated carbocycles. The highest BCUT2D eigenvalue weighted by Crippen LogP contribution is 2.53. The molecule has 0 amide bonds. The molecule has 1 heteroatoms. The van der Waals surface area contributed by atoms with E-state index in [-0.39, 0.29) is 0 Å². The Kier molecular flexibility index (Phi) is 1.50. The van der Waals surface area contributed by atoms with Crippen molar-refractivity contribution in [1.29, 1.82) is 0 Å². The van der Waals surface area contributed by atoms with Crippen LogP contribution < -0.4 is 0 Å². The third-order valence-electron chi connectivity index (χ3n) is 3.64. The van der Waals surface area contributed by atoms with E-state index in [1.807, 2.05) is 7.11 Å². The van der Waals surface area contributed by atoms with Gasteiger partial charge in [-0.3, -0.25) is 0 Å². The average molecular weight is 174 g/mol. The maximum absolute atomic E-state index is 5.50. The maximum Gasteiger partial charge on any atom is 0.0645 e. The van der Waals surface area contributed by atoms with Crippen molar-refractivity contribution in [3.63, 3.8) is 0 Å². The van der Waals surface area contributed by atoms with Crippen LogP contribution in [0.15, 0.2) is 24.3 Å². The summed E-state index contributed by atoms with van der Waals surface area (Å²) in [6.45, 7) is 0. The first-order valence-electron chi connectivity index (χ1n) is 5.01. The van der Waals surface area contributed by atoms with Gasteiger partial charge in [-0.15, -0.1) is 0 Å². The molecule has 0 aromatic heterocycles. The average Bonchev–Trinajstić information content (AvgIpc) is 2.75. The Labute approximate surface area is 78.7 Å². The minimum absolute atomic E-state index is 0.486. The molecule has 1 fully saturated rings. The highest BCUT2D eigenvalue weighted by Gasteiger charge is 2.43.